The Morgan fingerprint density at radius 2 is 1.64 bits per heavy atom. The zero-order valence-corrected chi connectivity index (χ0v) is 17.1. The van der Waals surface area contributed by atoms with E-state index < -0.39 is 0 Å². The van der Waals surface area contributed by atoms with E-state index in [9.17, 15) is 4.79 Å². The molecule has 4 nitrogen and oxygen atoms in total. The zero-order chi connectivity index (χ0) is 19.8. The van der Waals surface area contributed by atoms with E-state index in [0.29, 0.717) is 0 Å². The van der Waals surface area contributed by atoms with Gasteiger partial charge in [0.1, 0.15) is 0 Å². The lowest BCUT2D eigenvalue weighted by Gasteiger charge is -2.32. The Bertz CT molecular complexity index is 1050. The van der Waals surface area contributed by atoms with Crippen LogP contribution in [0.4, 0.5) is 0 Å². The van der Waals surface area contributed by atoms with E-state index in [1.165, 1.54) is 11.1 Å². The van der Waals surface area contributed by atoms with E-state index in [0.717, 1.165) is 59.5 Å². The van der Waals surface area contributed by atoms with Crippen LogP contribution in [0.3, 0.4) is 0 Å². The molecule has 1 aliphatic rings. The van der Waals surface area contributed by atoms with Gasteiger partial charge in [-0.3, -0.25) is 4.79 Å². The number of amides is 1. The topological polar surface area (TPSA) is 36.4 Å². The first kappa shape index (κ1) is 18.6. The van der Waals surface area contributed by atoms with Crippen molar-refractivity contribution >= 4 is 16.8 Å². The number of pyridine rings is 1. The Labute approximate surface area is 166 Å². The Morgan fingerprint density at radius 1 is 0.893 bits per heavy atom. The molecule has 1 aliphatic heterocycles. The molecule has 1 aromatic heterocycles. The first-order chi connectivity index (χ1) is 13.4. The van der Waals surface area contributed by atoms with Crippen LogP contribution in [-0.2, 0) is 0 Å². The number of piperazine rings is 1. The number of benzene rings is 2. The van der Waals surface area contributed by atoms with Crippen molar-refractivity contribution in [3.8, 4) is 11.3 Å². The van der Waals surface area contributed by atoms with Crippen LogP contribution in [0.15, 0.2) is 42.5 Å². The average Bonchev–Trinajstić information content (AvgIpc) is 2.70. The summed E-state index contributed by atoms with van der Waals surface area (Å²) < 4.78 is 0. The van der Waals surface area contributed by atoms with Gasteiger partial charge in [0.15, 0.2) is 0 Å². The first-order valence-electron chi connectivity index (χ1n) is 9.90. The highest BCUT2D eigenvalue weighted by atomic mass is 16.2. The van der Waals surface area contributed by atoms with E-state index in [-0.39, 0.29) is 5.91 Å². The maximum Gasteiger partial charge on any atom is 0.254 e. The smallest absolute Gasteiger partial charge is 0.254 e. The van der Waals surface area contributed by atoms with Gasteiger partial charge >= 0.3 is 0 Å². The van der Waals surface area contributed by atoms with Gasteiger partial charge in [0.05, 0.1) is 16.8 Å². The molecule has 0 N–H and O–H groups in total. The third-order valence-corrected chi connectivity index (χ3v) is 5.86. The van der Waals surface area contributed by atoms with Gasteiger partial charge in [-0.05, 0) is 56.6 Å². The molecular weight excluding hydrogens is 346 g/mol. The van der Waals surface area contributed by atoms with Crippen molar-refractivity contribution in [2.75, 3.05) is 33.2 Å². The number of rotatable bonds is 2. The van der Waals surface area contributed by atoms with Gasteiger partial charge in [0.25, 0.3) is 5.91 Å². The molecule has 0 unspecified atom stereocenters. The van der Waals surface area contributed by atoms with Crippen LogP contribution >= 0.6 is 0 Å². The lowest BCUT2D eigenvalue weighted by molar-refractivity contribution is 0.0666. The third-order valence-electron chi connectivity index (χ3n) is 5.86. The molecule has 144 valence electrons. The number of carbonyl (C=O) groups excluding carboxylic acids is 1. The number of carbonyl (C=O) groups is 1. The van der Waals surface area contributed by atoms with Gasteiger partial charge < -0.3 is 9.80 Å². The van der Waals surface area contributed by atoms with Crippen LogP contribution < -0.4 is 0 Å². The maximum absolute atomic E-state index is 13.4. The van der Waals surface area contributed by atoms with Gasteiger partial charge in [-0.1, -0.05) is 30.3 Å². The molecule has 2 heterocycles. The molecule has 28 heavy (non-hydrogen) atoms. The second kappa shape index (κ2) is 7.36. The van der Waals surface area contributed by atoms with Gasteiger partial charge in [-0.15, -0.1) is 0 Å². The van der Waals surface area contributed by atoms with Crippen LogP contribution in [-0.4, -0.2) is 53.9 Å². The summed E-state index contributed by atoms with van der Waals surface area (Å²) in [5.74, 6) is 0.108. The largest absolute Gasteiger partial charge is 0.336 e. The van der Waals surface area contributed by atoms with Crippen molar-refractivity contribution in [3.63, 3.8) is 0 Å². The monoisotopic (exact) mass is 373 g/mol. The molecule has 4 rings (SSSR count). The number of likely N-dealkylation sites (N-methyl/N-ethyl adjacent to an activating group) is 1. The molecule has 1 saturated heterocycles. The fraction of sp³-hybridized carbons (Fsp3) is 0.333. The standard InChI is InChI=1S/C24H27N3O/c1-16-8-9-19(14-18(16)3)22-15-21(20-7-5-6-17(2)23(20)25-22)24(28)27-12-10-26(4)11-13-27/h5-9,14-15H,10-13H2,1-4H3. The second-order valence-electron chi connectivity index (χ2n) is 7.92. The minimum Gasteiger partial charge on any atom is -0.336 e. The number of hydrogen-bond acceptors (Lipinski definition) is 3. The molecule has 3 aromatic rings. The minimum absolute atomic E-state index is 0.108. The van der Waals surface area contributed by atoms with E-state index >= 15 is 0 Å². The number of fused-ring (bicyclic) bond motifs is 1. The predicted molar refractivity (Wildman–Crippen MR) is 115 cm³/mol. The first-order valence-corrected chi connectivity index (χ1v) is 9.90. The van der Waals surface area contributed by atoms with Crippen molar-refractivity contribution in [3.05, 3.63) is 64.7 Å². The van der Waals surface area contributed by atoms with Crippen LogP contribution in [0.25, 0.3) is 22.2 Å². The average molecular weight is 374 g/mol. The number of nitrogens with zero attached hydrogens (tertiary/aromatic N) is 3. The summed E-state index contributed by atoms with van der Waals surface area (Å²) in [6, 6.07) is 14.4. The lowest BCUT2D eigenvalue weighted by Crippen LogP contribution is -2.47. The highest BCUT2D eigenvalue weighted by Crippen LogP contribution is 2.29. The van der Waals surface area contributed by atoms with Crippen LogP contribution in [0.2, 0.25) is 0 Å². The lowest BCUT2D eigenvalue weighted by atomic mass is 9.99. The second-order valence-corrected chi connectivity index (χ2v) is 7.92. The van der Waals surface area contributed by atoms with Crippen LogP contribution in [0.1, 0.15) is 27.0 Å². The molecule has 0 radical (unpaired) electrons. The molecule has 4 heteroatoms. The summed E-state index contributed by atoms with van der Waals surface area (Å²) in [7, 11) is 2.10. The van der Waals surface area contributed by atoms with Crippen molar-refractivity contribution in [1.82, 2.24) is 14.8 Å². The number of hydrogen-bond donors (Lipinski definition) is 0. The van der Waals surface area contributed by atoms with Gasteiger partial charge in [-0.2, -0.15) is 0 Å². The Kier molecular flexibility index (Phi) is 4.90. The summed E-state index contributed by atoms with van der Waals surface area (Å²) in [5.41, 5.74) is 7.17. The minimum atomic E-state index is 0.108. The van der Waals surface area contributed by atoms with Gasteiger partial charge in [0.2, 0.25) is 0 Å². The fourth-order valence-corrected chi connectivity index (χ4v) is 3.80. The molecule has 0 atom stereocenters. The SMILES string of the molecule is Cc1ccc(-c2cc(C(=O)N3CCN(C)CC3)c3cccc(C)c3n2)cc1C. The molecule has 0 bridgehead atoms. The molecule has 1 fully saturated rings. The number of aryl methyl sites for hydroxylation is 3. The van der Waals surface area contributed by atoms with Gasteiger partial charge in [-0.25, -0.2) is 4.98 Å². The van der Waals surface area contributed by atoms with E-state index in [2.05, 4.69) is 57.0 Å². The highest BCUT2D eigenvalue weighted by Gasteiger charge is 2.23. The molecule has 0 saturated carbocycles. The Balaban J connectivity index is 1.85. The van der Waals surface area contributed by atoms with Crippen molar-refractivity contribution in [2.24, 2.45) is 0 Å². The molecule has 2 aromatic carbocycles. The van der Waals surface area contributed by atoms with Crippen molar-refractivity contribution in [2.45, 2.75) is 20.8 Å². The van der Waals surface area contributed by atoms with Crippen LogP contribution in [0, 0.1) is 20.8 Å². The molecular formula is C24H27N3O. The quantitative estimate of drug-likeness (QED) is 0.675. The summed E-state index contributed by atoms with van der Waals surface area (Å²) in [4.78, 5) is 22.6. The zero-order valence-electron chi connectivity index (χ0n) is 17.1. The summed E-state index contributed by atoms with van der Waals surface area (Å²) >= 11 is 0. The summed E-state index contributed by atoms with van der Waals surface area (Å²) in [6.07, 6.45) is 0. The normalized spacial score (nSPS) is 15.2. The predicted octanol–water partition coefficient (Wildman–Crippen LogP) is 4.21. The summed E-state index contributed by atoms with van der Waals surface area (Å²) in [6.45, 7) is 9.65. The van der Waals surface area contributed by atoms with E-state index in [1.54, 1.807) is 0 Å². The number of aromatic nitrogens is 1. The highest BCUT2D eigenvalue weighted by molar-refractivity contribution is 6.07. The molecule has 0 spiro atoms. The maximum atomic E-state index is 13.4. The van der Waals surface area contributed by atoms with Crippen molar-refractivity contribution < 1.29 is 4.79 Å². The number of para-hydroxylation sites is 1. The Hall–Kier alpha value is -2.72. The molecule has 0 aliphatic carbocycles. The fourth-order valence-electron chi connectivity index (χ4n) is 3.80. The van der Waals surface area contributed by atoms with Crippen LogP contribution in [0.5, 0.6) is 0 Å². The van der Waals surface area contributed by atoms with Crippen molar-refractivity contribution in [1.29, 1.82) is 0 Å². The third kappa shape index (κ3) is 3.40. The molecule has 1 amide bonds. The van der Waals surface area contributed by atoms with Gasteiger partial charge in [0, 0.05) is 37.1 Å². The summed E-state index contributed by atoms with van der Waals surface area (Å²) in [5, 5.41) is 0.941. The Morgan fingerprint density at radius 3 is 2.36 bits per heavy atom. The van der Waals surface area contributed by atoms with E-state index in [4.69, 9.17) is 4.98 Å². The van der Waals surface area contributed by atoms with E-state index in [1.807, 2.05) is 23.1 Å².